The third-order valence-corrected chi connectivity index (χ3v) is 4.14. The van der Waals surface area contributed by atoms with Gasteiger partial charge in [0.1, 0.15) is 0 Å². The number of piperazine rings is 1. The van der Waals surface area contributed by atoms with Crippen LogP contribution in [0.4, 0.5) is 0 Å². The molecule has 1 aliphatic rings. The first-order valence-corrected chi connectivity index (χ1v) is 7.24. The SMILES string of the molecule is Cc1cccc(CC(N)CC2CN(C)CCN2C)c1. The Balaban J connectivity index is 1.88. The number of nitrogens with zero attached hydrogens (tertiary/aromatic N) is 2. The second-order valence-electron chi connectivity index (χ2n) is 6.09. The second-order valence-corrected chi connectivity index (χ2v) is 6.09. The van der Waals surface area contributed by atoms with E-state index in [1.807, 2.05) is 0 Å². The summed E-state index contributed by atoms with van der Waals surface area (Å²) in [6.07, 6.45) is 2.06. The quantitative estimate of drug-likeness (QED) is 0.891. The predicted molar refractivity (Wildman–Crippen MR) is 81.4 cm³/mol. The molecule has 3 heteroatoms. The summed E-state index contributed by atoms with van der Waals surface area (Å²) < 4.78 is 0. The molecule has 2 rings (SSSR count). The maximum Gasteiger partial charge on any atom is 0.0235 e. The van der Waals surface area contributed by atoms with E-state index >= 15 is 0 Å². The number of hydrogen-bond donors (Lipinski definition) is 1. The van der Waals surface area contributed by atoms with Crippen molar-refractivity contribution in [2.45, 2.75) is 31.8 Å². The molecular weight excluding hydrogens is 234 g/mol. The van der Waals surface area contributed by atoms with Gasteiger partial charge in [0.2, 0.25) is 0 Å². The predicted octanol–water partition coefficient (Wildman–Crippen LogP) is 1.50. The van der Waals surface area contributed by atoms with E-state index in [2.05, 4.69) is 55.1 Å². The lowest BCUT2D eigenvalue weighted by atomic mass is 9.97. The van der Waals surface area contributed by atoms with Crippen LogP contribution in [0, 0.1) is 6.92 Å². The standard InChI is InChI=1S/C16H27N3/c1-13-5-4-6-14(9-13)10-15(17)11-16-12-18(2)7-8-19(16)3/h4-6,9,15-16H,7-8,10-12,17H2,1-3H3. The van der Waals surface area contributed by atoms with Gasteiger partial charge in [0, 0.05) is 31.7 Å². The van der Waals surface area contributed by atoms with Crippen molar-refractivity contribution < 1.29 is 0 Å². The van der Waals surface area contributed by atoms with Gasteiger partial charge >= 0.3 is 0 Å². The number of nitrogens with two attached hydrogens (primary N) is 1. The van der Waals surface area contributed by atoms with E-state index in [1.54, 1.807) is 0 Å². The third kappa shape index (κ3) is 4.30. The summed E-state index contributed by atoms with van der Waals surface area (Å²) in [4.78, 5) is 4.86. The summed E-state index contributed by atoms with van der Waals surface area (Å²) in [5.41, 5.74) is 9.03. The number of hydrogen-bond acceptors (Lipinski definition) is 3. The van der Waals surface area contributed by atoms with Crippen LogP contribution in [-0.4, -0.2) is 55.6 Å². The molecule has 0 aromatic heterocycles. The lowest BCUT2D eigenvalue weighted by Crippen LogP contribution is -2.51. The van der Waals surface area contributed by atoms with E-state index in [0.29, 0.717) is 6.04 Å². The molecule has 2 unspecified atom stereocenters. The number of aryl methyl sites for hydroxylation is 1. The van der Waals surface area contributed by atoms with E-state index in [1.165, 1.54) is 17.7 Å². The molecule has 2 atom stereocenters. The fourth-order valence-electron chi connectivity index (χ4n) is 2.93. The van der Waals surface area contributed by atoms with Crippen molar-refractivity contribution in [3.05, 3.63) is 35.4 Å². The van der Waals surface area contributed by atoms with Crippen molar-refractivity contribution in [2.75, 3.05) is 33.7 Å². The topological polar surface area (TPSA) is 32.5 Å². The van der Waals surface area contributed by atoms with Crippen LogP contribution < -0.4 is 5.73 Å². The lowest BCUT2D eigenvalue weighted by molar-refractivity contribution is 0.104. The molecule has 1 fully saturated rings. The zero-order valence-corrected chi connectivity index (χ0v) is 12.5. The number of benzene rings is 1. The molecular formula is C16H27N3. The minimum absolute atomic E-state index is 0.251. The van der Waals surface area contributed by atoms with Crippen LogP contribution in [0.25, 0.3) is 0 Å². The van der Waals surface area contributed by atoms with Crippen molar-refractivity contribution in [3.8, 4) is 0 Å². The Morgan fingerprint density at radius 1 is 1.32 bits per heavy atom. The highest BCUT2D eigenvalue weighted by Gasteiger charge is 2.23. The van der Waals surface area contributed by atoms with E-state index in [9.17, 15) is 0 Å². The first-order valence-electron chi connectivity index (χ1n) is 7.24. The smallest absolute Gasteiger partial charge is 0.0235 e. The van der Waals surface area contributed by atoms with Gasteiger partial charge in [-0.3, -0.25) is 0 Å². The Morgan fingerprint density at radius 3 is 2.84 bits per heavy atom. The average Bonchev–Trinajstić information content (AvgIpc) is 2.34. The largest absolute Gasteiger partial charge is 0.327 e. The van der Waals surface area contributed by atoms with Crippen molar-refractivity contribution in [1.29, 1.82) is 0 Å². The van der Waals surface area contributed by atoms with Crippen molar-refractivity contribution in [2.24, 2.45) is 5.73 Å². The Bertz CT molecular complexity index is 405. The van der Waals surface area contributed by atoms with Crippen LogP contribution in [0.5, 0.6) is 0 Å². The fourth-order valence-corrected chi connectivity index (χ4v) is 2.93. The van der Waals surface area contributed by atoms with Crippen molar-refractivity contribution in [1.82, 2.24) is 9.80 Å². The normalized spacial score (nSPS) is 23.5. The summed E-state index contributed by atoms with van der Waals surface area (Å²) in [5.74, 6) is 0. The molecule has 106 valence electrons. The van der Waals surface area contributed by atoms with Gasteiger partial charge in [-0.15, -0.1) is 0 Å². The Kier molecular flexibility index (Phi) is 4.97. The highest BCUT2D eigenvalue weighted by atomic mass is 15.3. The van der Waals surface area contributed by atoms with Gasteiger partial charge in [0.25, 0.3) is 0 Å². The number of rotatable bonds is 4. The van der Waals surface area contributed by atoms with E-state index < -0.39 is 0 Å². The van der Waals surface area contributed by atoms with Crippen molar-refractivity contribution >= 4 is 0 Å². The molecule has 2 N–H and O–H groups in total. The van der Waals surface area contributed by atoms with Gasteiger partial charge in [0.05, 0.1) is 0 Å². The number of likely N-dealkylation sites (N-methyl/N-ethyl adjacent to an activating group) is 2. The molecule has 3 nitrogen and oxygen atoms in total. The highest BCUT2D eigenvalue weighted by molar-refractivity contribution is 5.22. The lowest BCUT2D eigenvalue weighted by Gasteiger charge is -2.38. The Morgan fingerprint density at radius 2 is 2.11 bits per heavy atom. The van der Waals surface area contributed by atoms with Gasteiger partial charge < -0.3 is 15.5 Å². The van der Waals surface area contributed by atoms with E-state index in [0.717, 1.165) is 25.9 Å². The van der Waals surface area contributed by atoms with Crippen LogP contribution >= 0.6 is 0 Å². The molecule has 19 heavy (non-hydrogen) atoms. The molecule has 1 saturated heterocycles. The summed E-state index contributed by atoms with van der Waals surface area (Å²) >= 11 is 0. The first-order chi connectivity index (χ1) is 9.04. The van der Waals surface area contributed by atoms with Crippen LogP contribution in [0.3, 0.4) is 0 Å². The van der Waals surface area contributed by atoms with Gasteiger partial charge in [-0.05, 0) is 39.4 Å². The summed E-state index contributed by atoms with van der Waals surface area (Å²) in [5, 5.41) is 0. The zero-order valence-electron chi connectivity index (χ0n) is 12.5. The monoisotopic (exact) mass is 261 g/mol. The minimum atomic E-state index is 0.251. The van der Waals surface area contributed by atoms with Crippen LogP contribution in [0.2, 0.25) is 0 Å². The average molecular weight is 261 g/mol. The zero-order chi connectivity index (χ0) is 13.8. The molecule has 0 radical (unpaired) electrons. The summed E-state index contributed by atoms with van der Waals surface area (Å²) in [7, 11) is 4.42. The molecule has 1 heterocycles. The van der Waals surface area contributed by atoms with Crippen molar-refractivity contribution in [3.63, 3.8) is 0 Å². The van der Waals surface area contributed by atoms with Gasteiger partial charge in [-0.2, -0.15) is 0 Å². The van der Waals surface area contributed by atoms with E-state index in [4.69, 9.17) is 5.73 Å². The fraction of sp³-hybridized carbons (Fsp3) is 0.625. The van der Waals surface area contributed by atoms with Crippen LogP contribution in [0.1, 0.15) is 17.5 Å². The van der Waals surface area contributed by atoms with Crippen LogP contribution in [-0.2, 0) is 6.42 Å². The van der Waals surface area contributed by atoms with Gasteiger partial charge in [-0.1, -0.05) is 29.8 Å². The molecule has 0 aliphatic carbocycles. The molecule has 1 aliphatic heterocycles. The van der Waals surface area contributed by atoms with Crippen LogP contribution in [0.15, 0.2) is 24.3 Å². The molecule has 0 bridgehead atoms. The summed E-state index contributed by atoms with van der Waals surface area (Å²) in [6.45, 7) is 5.59. The molecule has 0 spiro atoms. The summed E-state index contributed by atoms with van der Waals surface area (Å²) in [6, 6.07) is 9.54. The molecule has 1 aromatic rings. The molecule has 1 aromatic carbocycles. The Hall–Kier alpha value is -0.900. The highest BCUT2D eigenvalue weighted by Crippen LogP contribution is 2.14. The van der Waals surface area contributed by atoms with Gasteiger partial charge in [0.15, 0.2) is 0 Å². The first kappa shape index (κ1) is 14.5. The maximum absolute atomic E-state index is 6.35. The molecule has 0 amide bonds. The second kappa shape index (κ2) is 6.51. The Labute approximate surface area is 117 Å². The van der Waals surface area contributed by atoms with Gasteiger partial charge in [-0.25, -0.2) is 0 Å². The minimum Gasteiger partial charge on any atom is -0.327 e. The third-order valence-electron chi connectivity index (χ3n) is 4.14. The maximum atomic E-state index is 6.35. The molecule has 0 saturated carbocycles. The van der Waals surface area contributed by atoms with E-state index in [-0.39, 0.29) is 6.04 Å².